The number of nitrogens with one attached hydrogen (secondary N) is 1. The average Bonchev–Trinajstić information content (AvgIpc) is 2.55. The Kier molecular flexibility index (Phi) is 6.25. The fraction of sp³-hybridized carbons (Fsp3) is 0.235. The molecule has 6 heteroatoms. The van der Waals surface area contributed by atoms with Gasteiger partial charge in [0.05, 0.1) is 6.54 Å². The zero-order chi connectivity index (χ0) is 16.7. The summed E-state index contributed by atoms with van der Waals surface area (Å²) in [5.41, 5.74) is 3.92. The number of hydroxylamine groups is 1. The zero-order valence-electron chi connectivity index (χ0n) is 12.6. The molecule has 0 aliphatic carbocycles. The van der Waals surface area contributed by atoms with Gasteiger partial charge >= 0.3 is 0 Å². The molecule has 6 nitrogen and oxygen atoms in total. The first-order valence-electron chi connectivity index (χ1n) is 7.22. The van der Waals surface area contributed by atoms with Crippen molar-refractivity contribution in [2.75, 3.05) is 6.54 Å². The third-order valence-electron chi connectivity index (χ3n) is 3.40. The summed E-state index contributed by atoms with van der Waals surface area (Å²) in [5, 5.41) is 27.2. The minimum Gasteiger partial charge on any atom is -0.364 e. The van der Waals surface area contributed by atoms with Crippen molar-refractivity contribution in [2.24, 2.45) is 0 Å². The van der Waals surface area contributed by atoms with Gasteiger partial charge in [0, 0.05) is 18.7 Å². The van der Waals surface area contributed by atoms with Crippen molar-refractivity contribution in [1.82, 2.24) is 10.4 Å². The number of carbonyl (C=O) groups excluding carboxylic acids is 1. The molecule has 23 heavy (non-hydrogen) atoms. The summed E-state index contributed by atoms with van der Waals surface area (Å²) in [7, 11) is 0. The Labute approximate surface area is 134 Å². The van der Waals surface area contributed by atoms with E-state index in [4.69, 9.17) is 5.21 Å². The highest BCUT2D eigenvalue weighted by Gasteiger charge is 2.12. The van der Waals surface area contributed by atoms with Crippen molar-refractivity contribution in [2.45, 2.75) is 19.4 Å². The van der Waals surface area contributed by atoms with Gasteiger partial charge < -0.3 is 10.2 Å². The number of aliphatic hydroxyl groups is 2. The first-order valence-corrected chi connectivity index (χ1v) is 7.22. The van der Waals surface area contributed by atoms with Crippen molar-refractivity contribution in [1.29, 1.82) is 0 Å². The average molecular weight is 316 g/mol. The van der Waals surface area contributed by atoms with Crippen LogP contribution in [0, 0.1) is 0 Å². The Morgan fingerprint density at radius 2 is 1.65 bits per heavy atom. The Balaban J connectivity index is 2.13. The molecule has 0 saturated carbocycles. The van der Waals surface area contributed by atoms with E-state index in [-0.39, 0.29) is 6.54 Å². The number of hydrogen-bond acceptors (Lipinski definition) is 5. The summed E-state index contributed by atoms with van der Waals surface area (Å²) in [6.45, 7) is 0.986. The lowest BCUT2D eigenvalue weighted by Gasteiger charge is -2.22. The van der Waals surface area contributed by atoms with Crippen LogP contribution in [0.2, 0.25) is 0 Å². The number of amides is 1. The van der Waals surface area contributed by atoms with Crippen LogP contribution in [0.4, 0.5) is 0 Å². The number of hydrogen-bond donors (Lipinski definition) is 4. The quantitative estimate of drug-likeness (QED) is 0.350. The topological polar surface area (TPSA) is 93.0 Å². The van der Waals surface area contributed by atoms with Crippen LogP contribution in [0.15, 0.2) is 54.6 Å². The highest BCUT2D eigenvalue weighted by atomic mass is 16.5. The number of rotatable bonds is 7. The van der Waals surface area contributed by atoms with Crippen molar-refractivity contribution < 1.29 is 20.2 Å². The monoisotopic (exact) mass is 316 g/mol. The van der Waals surface area contributed by atoms with Crippen molar-refractivity contribution >= 4 is 5.91 Å². The molecule has 2 aromatic carbocycles. The molecule has 0 bridgehead atoms. The first-order chi connectivity index (χ1) is 11.1. The minimum atomic E-state index is -1.53. The van der Waals surface area contributed by atoms with Crippen LogP contribution in [0.25, 0.3) is 0 Å². The van der Waals surface area contributed by atoms with E-state index in [9.17, 15) is 15.0 Å². The van der Waals surface area contributed by atoms with Crippen molar-refractivity contribution in [3.8, 4) is 0 Å². The summed E-state index contributed by atoms with van der Waals surface area (Å²) in [5.74, 6) is -0.501. The molecular weight excluding hydrogens is 296 g/mol. The molecular formula is C17H20N2O4. The maximum Gasteiger partial charge on any atom is 0.257 e. The lowest BCUT2D eigenvalue weighted by molar-refractivity contribution is -0.130. The Bertz CT molecular complexity index is 632. The van der Waals surface area contributed by atoms with E-state index in [0.29, 0.717) is 18.7 Å². The van der Waals surface area contributed by atoms with Gasteiger partial charge in [-0.1, -0.05) is 48.5 Å². The van der Waals surface area contributed by atoms with Gasteiger partial charge in [0.15, 0.2) is 6.29 Å². The van der Waals surface area contributed by atoms with E-state index in [1.54, 1.807) is 23.7 Å². The van der Waals surface area contributed by atoms with Crippen molar-refractivity contribution in [3.05, 3.63) is 71.3 Å². The van der Waals surface area contributed by atoms with Gasteiger partial charge in [0.1, 0.15) is 0 Å². The van der Waals surface area contributed by atoms with Crippen LogP contribution >= 0.6 is 0 Å². The summed E-state index contributed by atoms with van der Waals surface area (Å²) in [6, 6.07) is 16.5. The summed E-state index contributed by atoms with van der Waals surface area (Å²) in [4.78, 5) is 13.3. The van der Waals surface area contributed by atoms with E-state index >= 15 is 0 Å². The Morgan fingerprint density at radius 3 is 2.30 bits per heavy atom. The highest BCUT2D eigenvalue weighted by molar-refractivity contribution is 5.76. The summed E-state index contributed by atoms with van der Waals surface area (Å²) in [6.07, 6.45) is -1.53. The molecule has 0 aromatic heterocycles. The summed E-state index contributed by atoms with van der Waals surface area (Å²) >= 11 is 0. The Morgan fingerprint density at radius 1 is 1.00 bits per heavy atom. The van der Waals surface area contributed by atoms with Gasteiger partial charge in [-0.05, 0) is 17.2 Å². The van der Waals surface area contributed by atoms with E-state index in [2.05, 4.69) is 0 Å². The molecule has 0 atom stereocenters. The van der Waals surface area contributed by atoms with Gasteiger partial charge in [0.2, 0.25) is 0 Å². The van der Waals surface area contributed by atoms with Crippen LogP contribution < -0.4 is 5.48 Å². The van der Waals surface area contributed by atoms with Crippen LogP contribution in [0.3, 0.4) is 0 Å². The second-order valence-electron chi connectivity index (χ2n) is 5.28. The zero-order valence-corrected chi connectivity index (χ0v) is 12.6. The number of aliphatic hydroxyl groups excluding tert-OH is 1. The van der Waals surface area contributed by atoms with Gasteiger partial charge in [-0.15, -0.1) is 0 Å². The van der Waals surface area contributed by atoms with E-state index < -0.39 is 12.2 Å². The molecule has 0 aliphatic rings. The second-order valence-corrected chi connectivity index (χ2v) is 5.28. The maximum atomic E-state index is 11.5. The summed E-state index contributed by atoms with van der Waals surface area (Å²) < 4.78 is 0. The third kappa shape index (κ3) is 5.46. The predicted molar refractivity (Wildman–Crippen MR) is 84.1 cm³/mol. The van der Waals surface area contributed by atoms with Crippen molar-refractivity contribution in [3.63, 3.8) is 0 Å². The second kappa shape index (κ2) is 8.40. The van der Waals surface area contributed by atoms with Gasteiger partial charge in [-0.3, -0.25) is 14.9 Å². The normalized spacial score (nSPS) is 11.0. The van der Waals surface area contributed by atoms with Gasteiger partial charge in [-0.25, -0.2) is 5.48 Å². The molecule has 0 heterocycles. The molecule has 0 radical (unpaired) electrons. The fourth-order valence-corrected chi connectivity index (χ4v) is 2.36. The van der Waals surface area contributed by atoms with Crippen LogP contribution in [-0.4, -0.2) is 32.8 Å². The third-order valence-corrected chi connectivity index (χ3v) is 3.40. The molecule has 4 N–H and O–H groups in total. The van der Waals surface area contributed by atoms with E-state index in [0.717, 1.165) is 11.1 Å². The molecule has 1 amide bonds. The lowest BCUT2D eigenvalue weighted by atomic mass is 10.1. The molecule has 2 rings (SSSR count). The fourth-order valence-electron chi connectivity index (χ4n) is 2.36. The number of benzene rings is 2. The van der Waals surface area contributed by atoms with Crippen LogP contribution in [0.5, 0.6) is 0 Å². The SMILES string of the molecule is O=C(CN(Cc1ccccc1)Cc1cccc(C(O)O)c1)NO. The predicted octanol–water partition coefficient (Wildman–Crippen LogP) is 1.18. The number of carbonyl (C=O) groups is 1. The molecule has 0 saturated heterocycles. The molecule has 122 valence electrons. The molecule has 0 aliphatic heterocycles. The van der Waals surface area contributed by atoms with E-state index in [1.165, 1.54) is 0 Å². The molecule has 0 unspecified atom stereocenters. The molecule has 2 aromatic rings. The van der Waals surface area contributed by atoms with Crippen LogP contribution in [0.1, 0.15) is 23.0 Å². The van der Waals surface area contributed by atoms with E-state index in [1.807, 2.05) is 41.3 Å². The molecule has 0 spiro atoms. The largest absolute Gasteiger partial charge is 0.364 e. The lowest BCUT2D eigenvalue weighted by Crippen LogP contribution is -2.35. The van der Waals surface area contributed by atoms with Gasteiger partial charge in [-0.2, -0.15) is 0 Å². The maximum absolute atomic E-state index is 11.5. The van der Waals surface area contributed by atoms with Crippen LogP contribution in [-0.2, 0) is 17.9 Å². The highest BCUT2D eigenvalue weighted by Crippen LogP contribution is 2.15. The minimum absolute atomic E-state index is 0.0251. The standard InChI is InChI=1S/C17H20N2O4/c20-16(18-23)12-19(10-13-5-2-1-3-6-13)11-14-7-4-8-15(9-14)17(21)22/h1-9,17,21-23H,10-12H2,(H,18,20). The number of nitrogens with zero attached hydrogens (tertiary/aromatic N) is 1. The smallest absolute Gasteiger partial charge is 0.257 e. The Hall–Kier alpha value is -2.25. The first kappa shape index (κ1) is 17.1. The van der Waals surface area contributed by atoms with Gasteiger partial charge in [0.25, 0.3) is 5.91 Å². The molecule has 0 fully saturated rings.